The summed E-state index contributed by atoms with van der Waals surface area (Å²) in [4.78, 5) is 5.57. The summed E-state index contributed by atoms with van der Waals surface area (Å²) in [6.07, 6.45) is 3.69. The van der Waals surface area contributed by atoms with E-state index in [1.807, 2.05) is 5.51 Å². The molecule has 1 aromatic heterocycles. The minimum Gasteiger partial charge on any atom is -0.380 e. The van der Waals surface area contributed by atoms with Crippen molar-refractivity contribution in [2.24, 2.45) is 0 Å². The number of rotatable bonds is 7. The Morgan fingerprint density at radius 3 is 3.07 bits per heavy atom. The zero-order valence-electron chi connectivity index (χ0n) is 9.16. The molecule has 84 valence electrons. The van der Waals surface area contributed by atoms with Crippen molar-refractivity contribution in [2.75, 3.05) is 19.8 Å². The second-order valence-electron chi connectivity index (χ2n) is 3.95. The molecule has 1 heterocycles. The monoisotopic (exact) mass is 226 g/mol. The third-order valence-electron chi connectivity index (χ3n) is 2.58. The zero-order valence-corrected chi connectivity index (χ0v) is 9.98. The first-order valence-corrected chi connectivity index (χ1v) is 6.44. The van der Waals surface area contributed by atoms with Crippen molar-refractivity contribution in [3.8, 4) is 0 Å². The first-order valence-electron chi connectivity index (χ1n) is 5.56. The van der Waals surface area contributed by atoms with Gasteiger partial charge in [0.05, 0.1) is 24.4 Å². The second-order valence-corrected chi connectivity index (χ2v) is 4.89. The van der Waals surface area contributed by atoms with Crippen LogP contribution in [0.25, 0.3) is 0 Å². The molecule has 1 N–H and O–H groups in total. The summed E-state index contributed by atoms with van der Waals surface area (Å²) in [5.74, 6) is 0. The van der Waals surface area contributed by atoms with Gasteiger partial charge in [-0.25, -0.2) is 4.98 Å². The van der Waals surface area contributed by atoms with Crippen molar-refractivity contribution in [3.63, 3.8) is 0 Å². The molecular weight excluding hydrogens is 208 g/mol. The van der Waals surface area contributed by atoms with Gasteiger partial charge in [0.2, 0.25) is 0 Å². The highest BCUT2D eigenvalue weighted by Crippen LogP contribution is 2.18. The van der Waals surface area contributed by atoms with E-state index in [0.29, 0.717) is 0 Å². The SMILES string of the molecule is Cc1ncsc1CCOCCNC1CC1. The van der Waals surface area contributed by atoms with E-state index >= 15 is 0 Å². The van der Waals surface area contributed by atoms with E-state index in [2.05, 4.69) is 17.2 Å². The maximum Gasteiger partial charge on any atom is 0.0797 e. The summed E-state index contributed by atoms with van der Waals surface area (Å²) < 4.78 is 5.56. The van der Waals surface area contributed by atoms with E-state index in [1.165, 1.54) is 17.7 Å². The molecule has 0 radical (unpaired) electrons. The number of hydrogen-bond acceptors (Lipinski definition) is 4. The number of nitrogens with one attached hydrogen (secondary N) is 1. The minimum absolute atomic E-state index is 0.789. The zero-order chi connectivity index (χ0) is 10.5. The van der Waals surface area contributed by atoms with Gasteiger partial charge in [0, 0.05) is 23.9 Å². The van der Waals surface area contributed by atoms with Crippen LogP contribution in [0.1, 0.15) is 23.4 Å². The molecule has 1 aliphatic rings. The van der Waals surface area contributed by atoms with Crippen LogP contribution in [0.5, 0.6) is 0 Å². The molecule has 1 saturated carbocycles. The Bertz CT molecular complexity index is 297. The van der Waals surface area contributed by atoms with Crippen molar-refractivity contribution < 1.29 is 4.74 Å². The van der Waals surface area contributed by atoms with Crippen LogP contribution in [0, 0.1) is 6.92 Å². The third kappa shape index (κ3) is 3.89. The summed E-state index contributed by atoms with van der Waals surface area (Å²) in [5.41, 5.74) is 3.05. The molecule has 0 amide bonds. The van der Waals surface area contributed by atoms with E-state index < -0.39 is 0 Å². The highest BCUT2D eigenvalue weighted by molar-refractivity contribution is 7.09. The topological polar surface area (TPSA) is 34.1 Å². The molecule has 3 nitrogen and oxygen atoms in total. The van der Waals surface area contributed by atoms with Crippen LogP contribution >= 0.6 is 11.3 Å². The Morgan fingerprint density at radius 2 is 2.40 bits per heavy atom. The number of aromatic nitrogens is 1. The van der Waals surface area contributed by atoms with Gasteiger partial charge in [-0.2, -0.15) is 0 Å². The van der Waals surface area contributed by atoms with Crippen molar-refractivity contribution in [1.82, 2.24) is 10.3 Å². The fraction of sp³-hybridized carbons (Fsp3) is 0.727. The molecule has 0 aliphatic heterocycles. The Morgan fingerprint density at radius 1 is 1.53 bits per heavy atom. The highest BCUT2D eigenvalue weighted by atomic mass is 32.1. The predicted molar refractivity (Wildman–Crippen MR) is 62.4 cm³/mol. The van der Waals surface area contributed by atoms with Crippen molar-refractivity contribution in [3.05, 3.63) is 16.1 Å². The molecule has 1 fully saturated rings. The summed E-state index contributed by atoms with van der Waals surface area (Å²) in [5, 5.41) is 3.43. The normalized spacial score (nSPS) is 15.8. The van der Waals surface area contributed by atoms with Gasteiger partial charge in [-0.1, -0.05) is 0 Å². The predicted octanol–water partition coefficient (Wildman–Crippen LogP) is 1.76. The highest BCUT2D eigenvalue weighted by Gasteiger charge is 2.19. The van der Waals surface area contributed by atoms with Crippen LogP contribution in [-0.2, 0) is 11.2 Å². The standard InChI is InChI=1S/C11H18N2OS/c1-9-11(15-8-13-9)4-6-14-7-5-12-10-2-3-10/h8,10,12H,2-7H2,1H3. The van der Waals surface area contributed by atoms with Gasteiger partial charge in [0.15, 0.2) is 0 Å². The van der Waals surface area contributed by atoms with Gasteiger partial charge < -0.3 is 10.1 Å². The molecule has 0 aromatic carbocycles. The summed E-state index contributed by atoms with van der Waals surface area (Å²) in [6.45, 7) is 4.69. The van der Waals surface area contributed by atoms with Crippen molar-refractivity contribution in [1.29, 1.82) is 0 Å². The summed E-state index contributed by atoms with van der Waals surface area (Å²) >= 11 is 1.72. The average Bonchev–Trinajstić information content (AvgIpc) is 2.96. The summed E-state index contributed by atoms with van der Waals surface area (Å²) in [7, 11) is 0. The molecule has 0 bridgehead atoms. The van der Waals surface area contributed by atoms with Gasteiger partial charge in [-0.15, -0.1) is 11.3 Å². The first kappa shape index (κ1) is 11.0. The minimum atomic E-state index is 0.789. The van der Waals surface area contributed by atoms with E-state index in [1.54, 1.807) is 11.3 Å². The second kappa shape index (κ2) is 5.58. The van der Waals surface area contributed by atoms with Crippen molar-refractivity contribution >= 4 is 11.3 Å². The molecular formula is C11H18N2OS. The Labute approximate surface area is 94.9 Å². The Hall–Kier alpha value is -0.450. The molecule has 1 aliphatic carbocycles. The third-order valence-corrected chi connectivity index (χ3v) is 3.57. The number of aryl methyl sites for hydroxylation is 1. The van der Waals surface area contributed by atoms with Gasteiger partial charge >= 0.3 is 0 Å². The van der Waals surface area contributed by atoms with Gasteiger partial charge in [-0.3, -0.25) is 0 Å². The average molecular weight is 226 g/mol. The molecule has 0 unspecified atom stereocenters. The largest absolute Gasteiger partial charge is 0.380 e. The molecule has 0 atom stereocenters. The quantitative estimate of drug-likeness (QED) is 0.719. The fourth-order valence-electron chi connectivity index (χ4n) is 1.46. The van der Waals surface area contributed by atoms with Crippen LogP contribution in [-0.4, -0.2) is 30.8 Å². The molecule has 1 aromatic rings. The van der Waals surface area contributed by atoms with Gasteiger partial charge in [-0.05, 0) is 19.8 Å². The number of thiazole rings is 1. The van der Waals surface area contributed by atoms with Crippen LogP contribution in [0.3, 0.4) is 0 Å². The Balaban J connectivity index is 1.49. The lowest BCUT2D eigenvalue weighted by Crippen LogP contribution is -2.22. The molecule has 2 rings (SSSR count). The van der Waals surface area contributed by atoms with E-state index in [9.17, 15) is 0 Å². The number of nitrogens with zero attached hydrogens (tertiary/aromatic N) is 1. The number of hydrogen-bond donors (Lipinski definition) is 1. The maximum absolute atomic E-state index is 5.56. The van der Waals surface area contributed by atoms with Gasteiger partial charge in [0.25, 0.3) is 0 Å². The fourth-order valence-corrected chi connectivity index (χ4v) is 2.22. The lowest BCUT2D eigenvalue weighted by molar-refractivity contribution is 0.139. The summed E-state index contributed by atoms with van der Waals surface area (Å²) in [6, 6.07) is 0.789. The molecule has 15 heavy (non-hydrogen) atoms. The van der Waals surface area contributed by atoms with Crippen LogP contribution in [0.15, 0.2) is 5.51 Å². The molecule has 0 spiro atoms. The lowest BCUT2D eigenvalue weighted by atomic mass is 10.3. The number of ether oxygens (including phenoxy) is 1. The van der Waals surface area contributed by atoms with E-state index in [4.69, 9.17) is 4.74 Å². The van der Waals surface area contributed by atoms with Gasteiger partial charge in [0.1, 0.15) is 0 Å². The van der Waals surface area contributed by atoms with Crippen LogP contribution in [0.2, 0.25) is 0 Å². The van der Waals surface area contributed by atoms with E-state index in [-0.39, 0.29) is 0 Å². The smallest absolute Gasteiger partial charge is 0.0797 e. The Kier molecular flexibility index (Phi) is 4.11. The first-order chi connectivity index (χ1) is 7.36. The van der Waals surface area contributed by atoms with Crippen LogP contribution < -0.4 is 5.32 Å². The van der Waals surface area contributed by atoms with Crippen LogP contribution in [0.4, 0.5) is 0 Å². The molecule has 4 heteroatoms. The maximum atomic E-state index is 5.56. The van der Waals surface area contributed by atoms with E-state index in [0.717, 1.165) is 37.9 Å². The molecule has 0 saturated heterocycles. The van der Waals surface area contributed by atoms with Crippen molar-refractivity contribution in [2.45, 2.75) is 32.2 Å². The lowest BCUT2D eigenvalue weighted by Gasteiger charge is -2.04.